The minimum absolute atomic E-state index is 0.168. The van der Waals surface area contributed by atoms with Crippen LogP contribution in [0.2, 0.25) is 0 Å². The molecule has 1 amide bonds. The molecule has 4 heteroatoms. The van der Waals surface area contributed by atoms with Crippen molar-refractivity contribution in [3.05, 3.63) is 0 Å². The summed E-state index contributed by atoms with van der Waals surface area (Å²) in [6, 6.07) is 0.192. The van der Waals surface area contributed by atoms with E-state index in [0.29, 0.717) is 12.5 Å². The van der Waals surface area contributed by atoms with Crippen LogP contribution in [0.1, 0.15) is 46.0 Å². The van der Waals surface area contributed by atoms with Gasteiger partial charge >= 0.3 is 0 Å². The largest absolute Gasteiger partial charge is 0.381 e. The molecular weight excluding hydrogens is 240 g/mol. The van der Waals surface area contributed by atoms with Gasteiger partial charge in [0.25, 0.3) is 0 Å². The molecule has 1 aliphatic carbocycles. The van der Waals surface area contributed by atoms with Crippen molar-refractivity contribution in [2.45, 2.75) is 52.0 Å². The summed E-state index contributed by atoms with van der Waals surface area (Å²) in [4.78, 5) is 12.6. The van der Waals surface area contributed by atoms with Gasteiger partial charge in [0.15, 0.2) is 0 Å². The number of hydrogen-bond acceptors (Lipinski definition) is 3. The molecule has 2 atom stereocenters. The Balaban J connectivity index is 1.92. The summed E-state index contributed by atoms with van der Waals surface area (Å²) >= 11 is 0. The van der Waals surface area contributed by atoms with Gasteiger partial charge in [-0.1, -0.05) is 6.92 Å². The second kappa shape index (κ2) is 6.23. The standard InChI is InChI=1S/C15H28N2O2/c1-11-3-6-15(10-16,7-4-11)14(18)17-12(2)13-5-8-19-9-13/h11-13H,3-10,16H2,1-2H3,(H,17,18). The average Bonchev–Trinajstić information content (AvgIpc) is 2.94. The summed E-state index contributed by atoms with van der Waals surface area (Å²) < 4.78 is 5.39. The first-order valence-corrected chi connectivity index (χ1v) is 7.66. The van der Waals surface area contributed by atoms with Crippen molar-refractivity contribution in [2.24, 2.45) is 23.0 Å². The van der Waals surface area contributed by atoms with E-state index in [0.717, 1.165) is 51.2 Å². The zero-order valence-corrected chi connectivity index (χ0v) is 12.3. The Hall–Kier alpha value is -0.610. The van der Waals surface area contributed by atoms with Gasteiger partial charge in [0.05, 0.1) is 12.0 Å². The van der Waals surface area contributed by atoms with Gasteiger partial charge in [-0.05, 0) is 44.9 Å². The second-order valence-electron chi connectivity index (χ2n) is 6.55. The summed E-state index contributed by atoms with van der Waals surface area (Å²) in [5.41, 5.74) is 5.61. The van der Waals surface area contributed by atoms with Crippen LogP contribution in [0.4, 0.5) is 0 Å². The van der Waals surface area contributed by atoms with Crippen LogP contribution >= 0.6 is 0 Å². The van der Waals surface area contributed by atoms with Crippen LogP contribution < -0.4 is 11.1 Å². The van der Waals surface area contributed by atoms with Crippen LogP contribution in [-0.2, 0) is 9.53 Å². The van der Waals surface area contributed by atoms with Gasteiger partial charge in [-0.25, -0.2) is 0 Å². The normalized spacial score (nSPS) is 37.0. The minimum atomic E-state index is -0.319. The molecule has 2 rings (SSSR count). The Labute approximate surface area is 116 Å². The van der Waals surface area contributed by atoms with Gasteiger partial charge in [-0.2, -0.15) is 0 Å². The van der Waals surface area contributed by atoms with Crippen molar-refractivity contribution in [2.75, 3.05) is 19.8 Å². The highest BCUT2D eigenvalue weighted by atomic mass is 16.5. The molecule has 0 aromatic carbocycles. The van der Waals surface area contributed by atoms with E-state index in [9.17, 15) is 4.79 Å². The van der Waals surface area contributed by atoms with E-state index < -0.39 is 0 Å². The number of nitrogens with one attached hydrogen (secondary N) is 1. The third-order valence-electron chi connectivity index (χ3n) is 5.13. The van der Waals surface area contributed by atoms with Crippen LogP contribution in [0.5, 0.6) is 0 Å². The zero-order chi connectivity index (χ0) is 13.9. The highest BCUT2D eigenvalue weighted by Crippen LogP contribution is 2.38. The molecule has 110 valence electrons. The molecule has 3 N–H and O–H groups in total. The molecule has 1 saturated carbocycles. The van der Waals surface area contributed by atoms with E-state index in [1.807, 2.05) is 0 Å². The Kier molecular flexibility index (Phi) is 4.85. The topological polar surface area (TPSA) is 64.4 Å². The minimum Gasteiger partial charge on any atom is -0.381 e. The van der Waals surface area contributed by atoms with E-state index in [-0.39, 0.29) is 17.4 Å². The lowest BCUT2D eigenvalue weighted by molar-refractivity contribution is -0.133. The molecule has 1 aliphatic heterocycles. The lowest BCUT2D eigenvalue weighted by atomic mass is 9.70. The molecule has 2 fully saturated rings. The summed E-state index contributed by atoms with van der Waals surface area (Å²) in [7, 11) is 0. The summed E-state index contributed by atoms with van der Waals surface area (Å²) in [5.74, 6) is 1.36. The van der Waals surface area contributed by atoms with E-state index >= 15 is 0 Å². The monoisotopic (exact) mass is 268 g/mol. The Morgan fingerprint density at radius 3 is 2.63 bits per heavy atom. The fourth-order valence-corrected chi connectivity index (χ4v) is 3.26. The molecule has 0 radical (unpaired) electrons. The highest BCUT2D eigenvalue weighted by Gasteiger charge is 2.40. The SMILES string of the molecule is CC1CCC(CN)(C(=O)NC(C)C2CCOC2)CC1. The van der Waals surface area contributed by atoms with Gasteiger partial charge < -0.3 is 15.8 Å². The molecule has 0 bridgehead atoms. The molecule has 0 spiro atoms. The third kappa shape index (κ3) is 3.29. The van der Waals surface area contributed by atoms with Gasteiger partial charge in [0.2, 0.25) is 5.91 Å². The molecule has 4 nitrogen and oxygen atoms in total. The van der Waals surface area contributed by atoms with Crippen LogP contribution in [0.15, 0.2) is 0 Å². The molecule has 1 heterocycles. The molecule has 19 heavy (non-hydrogen) atoms. The molecule has 2 aliphatic rings. The van der Waals surface area contributed by atoms with E-state index in [2.05, 4.69) is 19.2 Å². The Morgan fingerprint density at radius 1 is 1.42 bits per heavy atom. The number of amides is 1. The van der Waals surface area contributed by atoms with Crippen molar-refractivity contribution >= 4 is 5.91 Å². The van der Waals surface area contributed by atoms with Crippen LogP contribution in [0.3, 0.4) is 0 Å². The van der Waals surface area contributed by atoms with Crippen LogP contribution in [0, 0.1) is 17.3 Å². The third-order valence-corrected chi connectivity index (χ3v) is 5.13. The predicted molar refractivity (Wildman–Crippen MR) is 75.7 cm³/mol. The lowest BCUT2D eigenvalue weighted by Crippen LogP contribution is -2.51. The lowest BCUT2D eigenvalue weighted by Gasteiger charge is -2.38. The number of carbonyl (C=O) groups excluding carboxylic acids is 1. The second-order valence-corrected chi connectivity index (χ2v) is 6.55. The summed E-state index contributed by atoms with van der Waals surface area (Å²) in [5, 5.41) is 3.20. The van der Waals surface area contributed by atoms with Crippen molar-refractivity contribution in [1.29, 1.82) is 0 Å². The number of rotatable bonds is 4. The predicted octanol–water partition coefficient (Wildman–Crippen LogP) is 1.68. The quantitative estimate of drug-likeness (QED) is 0.815. The first-order chi connectivity index (χ1) is 9.07. The van der Waals surface area contributed by atoms with Crippen molar-refractivity contribution in [3.8, 4) is 0 Å². The average molecular weight is 268 g/mol. The fourth-order valence-electron chi connectivity index (χ4n) is 3.26. The fraction of sp³-hybridized carbons (Fsp3) is 0.933. The number of carbonyl (C=O) groups is 1. The van der Waals surface area contributed by atoms with Crippen LogP contribution in [-0.4, -0.2) is 31.7 Å². The summed E-state index contributed by atoms with van der Waals surface area (Å²) in [6.45, 7) is 6.42. The first-order valence-electron chi connectivity index (χ1n) is 7.66. The smallest absolute Gasteiger partial charge is 0.227 e. The first kappa shape index (κ1) is 14.8. The molecule has 0 aromatic rings. The Bertz CT molecular complexity index is 305. The number of nitrogens with two attached hydrogens (primary N) is 1. The maximum atomic E-state index is 12.6. The number of hydrogen-bond donors (Lipinski definition) is 2. The molecular formula is C15H28N2O2. The maximum Gasteiger partial charge on any atom is 0.227 e. The van der Waals surface area contributed by atoms with Crippen molar-refractivity contribution in [3.63, 3.8) is 0 Å². The van der Waals surface area contributed by atoms with Crippen LogP contribution in [0.25, 0.3) is 0 Å². The number of ether oxygens (including phenoxy) is 1. The van der Waals surface area contributed by atoms with Gasteiger partial charge in [-0.3, -0.25) is 4.79 Å². The van der Waals surface area contributed by atoms with Crippen molar-refractivity contribution < 1.29 is 9.53 Å². The van der Waals surface area contributed by atoms with E-state index in [1.54, 1.807) is 0 Å². The molecule has 2 unspecified atom stereocenters. The zero-order valence-electron chi connectivity index (χ0n) is 12.3. The van der Waals surface area contributed by atoms with Gasteiger partial charge in [0.1, 0.15) is 0 Å². The summed E-state index contributed by atoms with van der Waals surface area (Å²) in [6.07, 6.45) is 5.15. The Morgan fingerprint density at radius 2 is 2.11 bits per heavy atom. The van der Waals surface area contributed by atoms with Gasteiger partial charge in [-0.15, -0.1) is 0 Å². The van der Waals surface area contributed by atoms with E-state index in [1.165, 1.54) is 0 Å². The van der Waals surface area contributed by atoms with E-state index in [4.69, 9.17) is 10.5 Å². The van der Waals surface area contributed by atoms with Gasteiger partial charge in [0, 0.05) is 25.1 Å². The molecule has 0 aromatic heterocycles. The highest BCUT2D eigenvalue weighted by molar-refractivity contribution is 5.83. The maximum absolute atomic E-state index is 12.6. The van der Waals surface area contributed by atoms with Crippen molar-refractivity contribution in [1.82, 2.24) is 5.32 Å². The molecule has 1 saturated heterocycles.